The Hall–Kier alpha value is -0.860. The lowest BCUT2D eigenvalue weighted by Crippen LogP contribution is -2.32. The molecule has 0 spiro atoms. The van der Waals surface area contributed by atoms with Gasteiger partial charge in [0.25, 0.3) is 0 Å². The summed E-state index contributed by atoms with van der Waals surface area (Å²) in [4.78, 5) is 2.46. The van der Waals surface area contributed by atoms with Gasteiger partial charge in [0.15, 0.2) is 0 Å². The number of hydrogen-bond acceptors (Lipinski definition) is 2. The van der Waals surface area contributed by atoms with E-state index in [4.69, 9.17) is 0 Å². The van der Waals surface area contributed by atoms with Gasteiger partial charge < -0.3 is 10.2 Å². The Balaban J connectivity index is 2.42. The van der Waals surface area contributed by atoms with E-state index in [2.05, 4.69) is 56.2 Å². The van der Waals surface area contributed by atoms with Crippen molar-refractivity contribution >= 4 is 0 Å². The average molecular weight is 262 g/mol. The second-order valence-corrected chi connectivity index (χ2v) is 5.77. The molecule has 2 nitrogen and oxygen atoms in total. The first kappa shape index (κ1) is 16.2. The third kappa shape index (κ3) is 5.75. The van der Waals surface area contributed by atoms with Gasteiger partial charge in [-0.05, 0) is 58.0 Å². The summed E-state index contributed by atoms with van der Waals surface area (Å²) < 4.78 is 0. The Kier molecular flexibility index (Phi) is 7.11. The minimum atomic E-state index is 0.758. The number of aryl methyl sites for hydroxylation is 2. The molecular formula is C17H30N2. The molecule has 1 atom stereocenters. The van der Waals surface area contributed by atoms with Gasteiger partial charge in [-0.25, -0.2) is 0 Å². The summed E-state index contributed by atoms with van der Waals surface area (Å²) >= 11 is 0. The number of benzene rings is 1. The maximum Gasteiger partial charge on any atom is 0.00190 e. The van der Waals surface area contributed by atoms with Crippen molar-refractivity contribution in [1.82, 2.24) is 10.2 Å². The minimum Gasteiger partial charge on any atom is -0.319 e. The zero-order valence-corrected chi connectivity index (χ0v) is 13.3. The lowest BCUT2D eigenvalue weighted by molar-refractivity contribution is 0.271. The molecule has 19 heavy (non-hydrogen) atoms. The van der Waals surface area contributed by atoms with Crippen LogP contribution in [0.2, 0.25) is 0 Å². The molecule has 108 valence electrons. The number of hydrogen-bond donors (Lipinski definition) is 1. The Morgan fingerprint density at radius 3 is 2.58 bits per heavy atom. The molecular weight excluding hydrogens is 232 g/mol. The fourth-order valence-corrected chi connectivity index (χ4v) is 2.60. The van der Waals surface area contributed by atoms with Crippen LogP contribution in [0.4, 0.5) is 0 Å². The van der Waals surface area contributed by atoms with E-state index in [1.54, 1.807) is 0 Å². The topological polar surface area (TPSA) is 15.3 Å². The van der Waals surface area contributed by atoms with Crippen LogP contribution in [0.15, 0.2) is 18.2 Å². The van der Waals surface area contributed by atoms with Gasteiger partial charge in [-0.3, -0.25) is 0 Å². The predicted molar refractivity (Wildman–Crippen MR) is 84.8 cm³/mol. The van der Waals surface area contributed by atoms with Crippen molar-refractivity contribution in [2.24, 2.45) is 5.92 Å². The molecule has 1 N–H and O–H groups in total. The second-order valence-electron chi connectivity index (χ2n) is 5.77. The van der Waals surface area contributed by atoms with Crippen LogP contribution in [-0.4, -0.2) is 38.6 Å². The SMILES string of the molecule is CCC(CNC)CN(C)CCc1ccc(C)cc1C. The summed E-state index contributed by atoms with van der Waals surface area (Å²) in [5.41, 5.74) is 4.27. The summed E-state index contributed by atoms with van der Waals surface area (Å²) in [6, 6.07) is 6.78. The molecule has 0 saturated heterocycles. The van der Waals surface area contributed by atoms with Crippen molar-refractivity contribution in [3.05, 3.63) is 34.9 Å². The van der Waals surface area contributed by atoms with Crippen molar-refractivity contribution in [3.63, 3.8) is 0 Å². The number of likely N-dealkylation sites (N-methyl/N-ethyl adjacent to an activating group) is 1. The molecule has 0 heterocycles. The standard InChI is InChI=1S/C17H30N2/c1-6-16(12-18-4)13-19(5)10-9-17-8-7-14(2)11-15(17)3/h7-8,11,16,18H,6,9-10,12-13H2,1-5H3. The molecule has 0 aliphatic carbocycles. The van der Waals surface area contributed by atoms with E-state index >= 15 is 0 Å². The molecule has 1 aromatic rings. The van der Waals surface area contributed by atoms with E-state index < -0.39 is 0 Å². The van der Waals surface area contributed by atoms with Gasteiger partial charge in [0.2, 0.25) is 0 Å². The molecule has 1 rings (SSSR count). The molecule has 1 unspecified atom stereocenters. The predicted octanol–water partition coefficient (Wildman–Crippen LogP) is 3.02. The van der Waals surface area contributed by atoms with Crippen LogP contribution in [0.5, 0.6) is 0 Å². The number of nitrogens with zero attached hydrogens (tertiary/aromatic N) is 1. The van der Waals surface area contributed by atoms with Gasteiger partial charge >= 0.3 is 0 Å². The molecule has 0 aromatic heterocycles. The minimum absolute atomic E-state index is 0.758. The van der Waals surface area contributed by atoms with Crippen LogP contribution in [0.3, 0.4) is 0 Å². The normalized spacial score (nSPS) is 12.9. The monoisotopic (exact) mass is 262 g/mol. The van der Waals surface area contributed by atoms with Crippen molar-refractivity contribution in [2.45, 2.75) is 33.6 Å². The summed E-state index contributed by atoms with van der Waals surface area (Å²) in [6.45, 7) is 10.1. The van der Waals surface area contributed by atoms with Crippen molar-refractivity contribution in [2.75, 3.05) is 33.7 Å². The van der Waals surface area contributed by atoms with Crippen LogP contribution in [0.25, 0.3) is 0 Å². The third-order valence-corrected chi connectivity index (χ3v) is 3.90. The molecule has 0 aliphatic rings. The van der Waals surface area contributed by atoms with E-state index in [0.717, 1.165) is 25.4 Å². The Labute approximate surface area is 119 Å². The highest BCUT2D eigenvalue weighted by molar-refractivity contribution is 5.30. The van der Waals surface area contributed by atoms with E-state index in [-0.39, 0.29) is 0 Å². The molecule has 0 saturated carbocycles. The molecule has 1 aromatic carbocycles. The Morgan fingerprint density at radius 1 is 1.26 bits per heavy atom. The van der Waals surface area contributed by atoms with E-state index in [1.807, 2.05) is 7.05 Å². The highest BCUT2D eigenvalue weighted by Crippen LogP contribution is 2.12. The van der Waals surface area contributed by atoms with E-state index in [9.17, 15) is 0 Å². The maximum atomic E-state index is 3.29. The zero-order valence-electron chi connectivity index (χ0n) is 13.3. The van der Waals surface area contributed by atoms with Gasteiger partial charge in [-0.1, -0.05) is 37.1 Å². The van der Waals surface area contributed by atoms with Crippen molar-refractivity contribution < 1.29 is 0 Å². The van der Waals surface area contributed by atoms with Gasteiger partial charge in [-0.2, -0.15) is 0 Å². The highest BCUT2D eigenvalue weighted by atomic mass is 15.1. The van der Waals surface area contributed by atoms with Crippen molar-refractivity contribution in [1.29, 1.82) is 0 Å². The quantitative estimate of drug-likeness (QED) is 0.775. The smallest absolute Gasteiger partial charge is 0.00190 e. The fraction of sp³-hybridized carbons (Fsp3) is 0.647. The lowest BCUT2D eigenvalue weighted by Gasteiger charge is -2.23. The molecule has 0 fully saturated rings. The lowest BCUT2D eigenvalue weighted by atomic mass is 10.0. The zero-order chi connectivity index (χ0) is 14.3. The second kappa shape index (κ2) is 8.34. The van der Waals surface area contributed by atoms with Gasteiger partial charge in [0.1, 0.15) is 0 Å². The molecule has 0 amide bonds. The van der Waals surface area contributed by atoms with Gasteiger partial charge in [-0.15, -0.1) is 0 Å². The van der Waals surface area contributed by atoms with Crippen LogP contribution in [-0.2, 0) is 6.42 Å². The fourth-order valence-electron chi connectivity index (χ4n) is 2.60. The Bertz CT molecular complexity index is 374. The number of nitrogens with one attached hydrogen (secondary N) is 1. The highest BCUT2D eigenvalue weighted by Gasteiger charge is 2.09. The molecule has 2 heteroatoms. The van der Waals surface area contributed by atoms with Crippen LogP contribution in [0.1, 0.15) is 30.0 Å². The number of rotatable bonds is 8. The van der Waals surface area contributed by atoms with E-state index in [1.165, 1.54) is 29.7 Å². The van der Waals surface area contributed by atoms with Crippen molar-refractivity contribution in [3.8, 4) is 0 Å². The summed E-state index contributed by atoms with van der Waals surface area (Å²) in [5, 5.41) is 3.29. The first-order valence-electron chi connectivity index (χ1n) is 7.46. The average Bonchev–Trinajstić information content (AvgIpc) is 2.37. The summed E-state index contributed by atoms with van der Waals surface area (Å²) in [5.74, 6) is 0.758. The third-order valence-electron chi connectivity index (χ3n) is 3.90. The van der Waals surface area contributed by atoms with Crippen LogP contribution < -0.4 is 5.32 Å². The van der Waals surface area contributed by atoms with E-state index in [0.29, 0.717) is 0 Å². The Morgan fingerprint density at radius 2 is 2.00 bits per heavy atom. The summed E-state index contributed by atoms with van der Waals surface area (Å²) in [7, 11) is 4.28. The van der Waals surface area contributed by atoms with Crippen LogP contribution in [0, 0.1) is 19.8 Å². The largest absolute Gasteiger partial charge is 0.319 e. The molecule has 0 aliphatic heterocycles. The van der Waals surface area contributed by atoms with Gasteiger partial charge in [0, 0.05) is 13.1 Å². The van der Waals surface area contributed by atoms with Gasteiger partial charge in [0.05, 0.1) is 0 Å². The first-order chi connectivity index (χ1) is 9.06. The molecule has 0 bridgehead atoms. The summed E-state index contributed by atoms with van der Waals surface area (Å²) in [6.07, 6.45) is 2.40. The molecule has 0 radical (unpaired) electrons. The maximum absolute atomic E-state index is 3.29. The first-order valence-corrected chi connectivity index (χ1v) is 7.46. The van der Waals surface area contributed by atoms with Crippen LogP contribution >= 0.6 is 0 Å².